The monoisotopic (exact) mass is 523 g/mol. The molecule has 1 aromatic carbocycles. The van der Waals surface area contributed by atoms with Crippen molar-refractivity contribution < 1.29 is 36.9 Å². The largest absolute Gasteiger partial charge is 0.479 e. The topological polar surface area (TPSA) is 113 Å². The van der Waals surface area contributed by atoms with Crippen LogP contribution in [0.1, 0.15) is 5.69 Å². The zero-order chi connectivity index (χ0) is 25.4. The Labute approximate surface area is 196 Å². The second-order valence-corrected chi connectivity index (χ2v) is 7.29. The number of benzene rings is 1. The molecule has 0 aliphatic carbocycles. The first-order valence-electron chi connectivity index (χ1n) is 8.88. The Morgan fingerprint density at radius 3 is 2.44 bits per heavy atom. The van der Waals surface area contributed by atoms with Gasteiger partial charge in [0.05, 0.1) is 10.7 Å². The van der Waals surface area contributed by atoms with Crippen molar-refractivity contribution in [2.75, 3.05) is 6.61 Å². The average Bonchev–Trinajstić information content (AvgIpc) is 2.72. The number of aromatic nitrogens is 3. The van der Waals surface area contributed by atoms with Gasteiger partial charge in [-0.2, -0.15) is 18.2 Å². The lowest BCUT2D eigenvalue weighted by molar-refractivity contribution is -0.144. The molecular formula is C19H11Cl2F4N3O6. The van der Waals surface area contributed by atoms with Gasteiger partial charge in [-0.15, -0.1) is 0 Å². The molecule has 180 valence electrons. The molecule has 2 heterocycles. The quantitative estimate of drug-likeness (QED) is 0.387. The van der Waals surface area contributed by atoms with Crippen LogP contribution in [0, 0.1) is 5.82 Å². The molecule has 0 aliphatic heterocycles. The second kappa shape index (κ2) is 9.35. The Hall–Kier alpha value is -3.58. The van der Waals surface area contributed by atoms with E-state index in [2.05, 4.69) is 4.98 Å². The molecule has 2 aromatic heterocycles. The minimum absolute atomic E-state index is 0.0848. The van der Waals surface area contributed by atoms with E-state index in [9.17, 15) is 31.9 Å². The van der Waals surface area contributed by atoms with E-state index in [1.807, 2.05) is 0 Å². The van der Waals surface area contributed by atoms with Gasteiger partial charge in [0, 0.05) is 19.2 Å². The fraction of sp³-hybridized carbons (Fsp3) is 0.158. The van der Waals surface area contributed by atoms with Crippen LogP contribution >= 0.6 is 23.2 Å². The Morgan fingerprint density at radius 2 is 1.82 bits per heavy atom. The molecular weight excluding hydrogens is 513 g/mol. The van der Waals surface area contributed by atoms with Crippen molar-refractivity contribution in [3.05, 3.63) is 72.9 Å². The van der Waals surface area contributed by atoms with Gasteiger partial charge >= 0.3 is 17.8 Å². The first kappa shape index (κ1) is 25.1. The molecule has 34 heavy (non-hydrogen) atoms. The Balaban J connectivity index is 2.13. The Bertz CT molecular complexity index is 1400. The number of pyridine rings is 1. The van der Waals surface area contributed by atoms with Crippen molar-refractivity contribution in [2.45, 2.75) is 6.18 Å². The van der Waals surface area contributed by atoms with Gasteiger partial charge in [0.1, 0.15) is 22.4 Å². The van der Waals surface area contributed by atoms with Crippen LogP contribution in [0.2, 0.25) is 10.2 Å². The van der Waals surface area contributed by atoms with Crippen molar-refractivity contribution in [3.8, 4) is 23.1 Å². The number of halogens is 6. The first-order chi connectivity index (χ1) is 15.8. The van der Waals surface area contributed by atoms with Crippen LogP contribution in [-0.2, 0) is 18.0 Å². The van der Waals surface area contributed by atoms with Crippen molar-refractivity contribution in [2.24, 2.45) is 7.05 Å². The highest BCUT2D eigenvalue weighted by molar-refractivity contribution is 6.32. The van der Waals surface area contributed by atoms with E-state index in [0.717, 1.165) is 13.1 Å². The maximum absolute atomic E-state index is 14.6. The first-order valence-corrected chi connectivity index (χ1v) is 9.64. The Morgan fingerprint density at radius 1 is 1.15 bits per heavy atom. The fourth-order valence-electron chi connectivity index (χ4n) is 2.72. The summed E-state index contributed by atoms with van der Waals surface area (Å²) in [5.74, 6) is -3.52. The fourth-order valence-corrected chi connectivity index (χ4v) is 3.05. The standard InChI is InChI=1S/C19H11Cl2F4N3O6/c1-27-13(19(23,24)25)6-15(29)28(18(27)32)10-5-12(8(20)4-9(10)22)34-11-2-3-14(21)26-17(11)33-7-16(30)31/h2-6H,7H2,1H3,(H,30,31). The smallest absolute Gasteiger partial charge is 0.431 e. The molecule has 0 saturated carbocycles. The van der Waals surface area contributed by atoms with E-state index in [1.165, 1.54) is 12.1 Å². The van der Waals surface area contributed by atoms with Crippen LogP contribution in [0.3, 0.4) is 0 Å². The summed E-state index contributed by atoms with van der Waals surface area (Å²) >= 11 is 11.7. The molecule has 0 spiro atoms. The lowest BCUT2D eigenvalue weighted by Gasteiger charge is -2.16. The molecule has 0 saturated heterocycles. The summed E-state index contributed by atoms with van der Waals surface area (Å²) in [4.78, 5) is 39.3. The van der Waals surface area contributed by atoms with Crippen LogP contribution in [0.15, 0.2) is 39.9 Å². The molecule has 3 aromatic rings. The van der Waals surface area contributed by atoms with Crippen molar-refractivity contribution in [3.63, 3.8) is 0 Å². The molecule has 15 heteroatoms. The lowest BCUT2D eigenvalue weighted by atomic mass is 10.2. The summed E-state index contributed by atoms with van der Waals surface area (Å²) in [6.45, 7) is -0.816. The number of alkyl halides is 3. The van der Waals surface area contributed by atoms with Crippen LogP contribution in [0.25, 0.3) is 5.69 Å². The predicted octanol–water partition coefficient (Wildman–Crippen LogP) is 3.65. The van der Waals surface area contributed by atoms with E-state index in [1.54, 1.807) is 0 Å². The van der Waals surface area contributed by atoms with Crippen LogP contribution in [0.5, 0.6) is 17.4 Å². The maximum Gasteiger partial charge on any atom is 0.431 e. The number of hydrogen-bond acceptors (Lipinski definition) is 6. The summed E-state index contributed by atoms with van der Waals surface area (Å²) in [5, 5.41) is 8.33. The predicted molar refractivity (Wildman–Crippen MR) is 110 cm³/mol. The van der Waals surface area contributed by atoms with E-state index in [0.29, 0.717) is 6.07 Å². The number of rotatable bonds is 6. The number of carboxylic acids is 1. The highest BCUT2D eigenvalue weighted by Crippen LogP contribution is 2.37. The summed E-state index contributed by atoms with van der Waals surface area (Å²) in [5.41, 5.74) is -5.22. The minimum atomic E-state index is -5.01. The van der Waals surface area contributed by atoms with Crippen molar-refractivity contribution in [1.29, 1.82) is 0 Å². The van der Waals surface area contributed by atoms with E-state index >= 15 is 0 Å². The second-order valence-electron chi connectivity index (χ2n) is 6.50. The number of carboxylic acid groups (broad SMARTS) is 1. The van der Waals surface area contributed by atoms with Gasteiger partial charge in [-0.25, -0.2) is 18.5 Å². The third kappa shape index (κ3) is 5.15. The van der Waals surface area contributed by atoms with Gasteiger partial charge in [-0.05, 0) is 18.2 Å². The lowest BCUT2D eigenvalue weighted by Crippen LogP contribution is -2.41. The normalized spacial score (nSPS) is 11.4. The highest BCUT2D eigenvalue weighted by atomic mass is 35.5. The molecule has 3 rings (SSSR count). The summed E-state index contributed by atoms with van der Waals surface area (Å²) in [7, 11) is 0.762. The maximum atomic E-state index is 14.6. The highest BCUT2D eigenvalue weighted by Gasteiger charge is 2.35. The SMILES string of the molecule is Cn1c(C(F)(F)F)cc(=O)n(-c2cc(Oc3ccc(Cl)nc3OCC(=O)O)c(Cl)cc2F)c1=O. The number of aliphatic carboxylic acids is 1. The number of nitrogens with zero attached hydrogens (tertiary/aromatic N) is 3. The van der Waals surface area contributed by atoms with E-state index in [4.69, 9.17) is 37.8 Å². The van der Waals surface area contributed by atoms with Gasteiger partial charge in [0.25, 0.3) is 11.4 Å². The summed E-state index contributed by atoms with van der Waals surface area (Å²) in [6, 6.07) is 4.06. The zero-order valence-corrected chi connectivity index (χ0v) is 18.2. The molecule has 0 bridgehead atoms. The van der Waals surface area contributed by atoms with Crippen LogP contribution < -0.4 is 20.7 Å². The van der Waals surface area contributed by atoms with Crippen molar-refractivity contribution in [1.82, 2.24) is 14.1 Å². The number of carbonyl (C=O) groups is 1. The minimum Gasteiger partial charge on any atom is -0.479 e. The zero-order valence-electron chi connectivity index (χ0n) is 16.7. The van der Waals surface area contributed by atoms with Gasteiger partial charge in [-0.3, -0.25) is 9.36 Å². The summed E-state index contributed by atoms with van der Waals surface area (Å²) < 4.78 is 64.6. The summed E-state index contributed by atoms with van der Waals surface area (Å²) in [6.07, 6.45) is -5.01. The molecule has 9 nitrogen and oxygen atoms in total. The van der Waals surface area contributed by atoms with Gasteiger partial charge < -0.3 is 14.6 Å². The molecule has 0 atom stereocenters. The van der Waals surface area contributed by atoms with E-state index < -0.39 is 47.2 Å². The Kier molecular flexibility index (Phi) is 6.89. The third-order valence-electron chi connectivity index (χ3n) is 4.20. The third-order valence-corrected chi connectivity index (χ3v) is 4.70. The number of ether oxygens (including phenoxy) is 2. The molecule has 0 fully saturated rings. The van der Waals surface area contributed by atoms with Crippen molar-refractivity contribution >= 4 is 29.2 Å². The molecule has 0 radical (unpaired) electrons. The molecule has 0 unspecified atom stereocenters. The van der Waals surface area contributed by atoms with Gasteiger partial charge in [-0.1, -0.05) is 23.2 Å². The van der Waals surface area contributed by atoms with Gasteiger partial charge in [0.15, 0.2) is 12.4 Å². The molecule has 1 N–H and O–H groups in total. The van der Waals surface area contributed by atoms with E-state index in [-0.39, 0.29) is 42.8 Å². The average molecular weight is 524 g/mol. The van der Waals surface area contributed by atoms with Crippen LogP contribution in [-0.4, -0.2) is 31.8 Å². The van der Waals surface area contributed by atoms with Gasteiger partial charge in [0.2, 0.25) is 0 Å². The molecule has 0 amide bonds. The molecule has 0 aliphatic rings. The number of hydrogen-bond donors (Lipinski definition) is 1. The van der Waals surface area contributed by atoms with Crippen LogP contribution in [0.4, 0.5) is 17.6 Å².